The molecule has 0 radical (unpaired) electrons. The Labute approximate surface area is 129 Å². The molecule has 2 heterocycles. The monoisotopic (exact) mass is 294 g/mol. The lowest BCUT2D eigenvalue weighted by molar-refractivity contribution is 0.878. The summed E-state index contributed by atoms with van der Waals surface area (Å²) in [5.41, 5.74) is 9.94. The smallest absolute Gasteiger partial charge is 0.224 e. The molecule has 0 saturated carbocycles. The molecule has 0 aliphatic heterocycles. The van der Waals surface area contributed by atoms with E-state index in [2.05, 4.69) is 39.4 Å². The molecule has 3 rings (SSSR count). The van der Waals surface area contributed by atoms with Crippen LogP contribution in [0.25, 0.3) is 5.69 Å². The molecule has 0 fully saturated rings. The highest BCUT2D eigenvalue weighted by Gasteiger charge is 2.03. The zero-order chi connectivity index (χ0) is 15.5. The van der Waals surface area contributed by atoms with Crippen molar-refractivity contribution in [2.45, 2.75) is 20.4 Å². The van der Waals surface area contributed by atoms with Crippen molar-refractivity contribution in [3.8, 4) is 5.69 Å². The molecule has 6 nitrogen and oxygen atoms in total. The van der Waals surface area contributed by atoms with Crippen LogP contribution in [-0.2, 0) is 6.54 Å². The minimum absolute atomic E-state index is 0.493. The van der Waals surface area contributed by atoms with Crippen molar-refractivity contribution < 1.29 is 0 Å². The van der Waals surface area contributed by atoms with Gasteiger partial charge in [-0.3, -0.25) is 0 Å². The summed E-state index contributed by atoms with van der Waals surface area (Å²) in [6.07, 6.45) is 5.52. The van der Waals surface area contributed by atoms with Gasteiger partial charge in [0.2, 0.25) is 5.95 Å². The van der Waals surface area contributed by atoms with Crippen molar-refractivity contribution in [1.82, 2.24) is 19.7 Å². The summed E-state index contributed by atoms with van der Waals surface area (Å²) in [4.78, 5) is 8.39. The number of nitrogen functional groups attached to an aromatic ring is 1. The predicted molar refractivity (Wildman–Crippen MR) is 86.8 cm³/mol. The lowest BCUT2D eigenvalue weighted by atomic mass is 10.2. The van der Waals surface area contributed by atoms with Crippen molar-refractivity contribution in [3.05, 3.63) is 59.5 Å². The van der Waals surface area contributed by atoms with Gasteiger partial charge in [0.15, 0.2) is 0 Å². The maximum Gasteiger partial charge on any atom is 0.224 e. The first-order valence-corrected chi connectivity index (χ1v) is 7.05. The number of nitrogens with two attached hydrogens (primary N) is 1. The van der Waals surface area contributed by atoms with E-state index in [0.717, 1.165) is 16.8 Å². The van der Waals surface area contributed by atoms with Crippen LogP contribution in [0.1, 0.15) is 16.7 Å². The van der Waals surface area contributed by atoms with Gasteiger partial charge in [0.05, 0.1) is 11.9 Å². The fourth-order valence-corrected chi connectivity index (χ4v) is 2.08. The minimum atomic E-state index is 0.493. The van der Waals surface area contributed by atoms with Gasteiger partial charge < -0.3 is 11.1 Å². The average Bonchev–Trinajstić information content (AvgIpc) is 2.97. The van der Waals surface area contributed by atoms with Crippen LogP contribution < -0.4 is 11.1 Å². The Hall–Kier alpha value is -2.89. The molecule has 0 amide bonds. The summed E-state index contributed by atoms with van der Waals surface area (Å²) >= 11 is 0. The largest absolute Gasteiger partial charge is 0.383 e. The molecule has 6 heteroatoms. The van der Waals surface area contributed by atoms with E-state index in [4.69, 9.17) is 5.73 Å². The molecule has 0 spiro atoms. The molecule has 0 unspecified atom stereocenters. The van der Waals surface area contributed by atoms with Crippen LogP contribution in [0.5, 0.6) is 0 Å². The first-order chi connectivity index (χ1) is 10.6. The Morgan fingerprint density at radius 2 is 2.09 bits per heavy atom. The molecule has 0 atom stereocenters. The second-order valence-electron chi connectivity index (χ2n) is 5.25. The third-order valence-electron chi connectivity index (χ3n) is 3.36. The molecule has 0 bridgehead atoms. The fourth-order valence-electron chi connectivity index (χ4n) is 2.08. The van der Waals surface area contributed by atoms with E-state index in [9.17, 15) is 0 Å². The summed E-state index contributed by atoms with van der Waals surface area (Å²) in [5, 5.41) is 7.53. The van der Waals surface area contributed by atoms with Crippen LogP contribution in [-0.4, -0.2) is 19.7 Å². The maximum absolute atomic E-state index is 5.78. The Bertz CT molecular complexity index is 793. The zero-order valence-electron chi connectivity index (χ0n) is 12.6. The van der Waals surface area contributed by atoms with Gasteiger partial charge in [0.25, 0.3) is 0 Å². The Morgan fingerprint density at radius 3 is 2.86 bits per heavy atom. The van der Waals surface area contributed by atoms with E-state index in [1.165, 1.54) is 5.56 Å². The lowest BCUT2D eigenvalue weighted by Crippen LogP contribution is -2.05. The number of nitrogens with zero attached hydrogens (tertiary/aromatic N) is 4. The maximum atomic E-state index is 5.78. The van der Waals surface area contributed by atoms with E-state index >= 15 is 0 Å². The van der Waals surface area contributed by atoms with Crippen LogP contribution in [0.15, 0.2) is 42.9 Å². The molecule has 0 aliphatic carbocycles. The van der Waals surface area contributed by atoms with Crippen LogP contribution in [0, 0.1) is 13.8 Å². The first kappa shape index (κ1) is 14.1. The van der Waals surface area contributed by atoms with Crippen LogP contribution in [0.4, 0.5) is 11.8 Å². The Morgan fingerprint density at radius 1 is 1.23 bits per heavy atom. The van der Waals surface area contributed by atoms with Crippen molar-refractivity contribution in [3.63, 3.8) is 0 Å². The van der Waals surface area contributed by atoms with Gasteiger partial charge in [-0.25, -0.2) is 9.67 Å². The third-order valence-corrected chi connectivity index (χ3v) is 3.36. The van der Waals surface area contributed by atoms with Crippen molar-refractivity contribution in [1.29, 1.82) is 0 Å². The molecular formula is C16H18N6. The highest BCUT2D eigenvalue weighted by Crippen LogP contribution is 2.12. The summed E-state index contributed by atoms with van der Waals surface area (Å²) < 4.78 is 1.86. The summed E-state index contributed by atoms with van der Waals surface area (Å²) in [5.74, 6) is 1.01. The number of benzene rings is 1. The van der Waals surface area contributed by atoms with E-state index in [1.807, 2.05) is 36.1 Å². The van der Waals surface area contributed by atoms with E-state index in [-0.39, 0.29) is 0 Å². The van der Waals surface area contributed by atoms with E-state index in [0.29, 0.717) is 18.3 Å². The summed E-state index contributed by atoms with van der Waals surface area (Å²) in [6.45, 7) is 4.54. The van der Waals surface area contributed by atoms with Gasteiger partial charge >= 0.3 is 0 Å². The number of nitrogens with one attached hydrogen (secondary N) is 1. The highest BCUT2D eigenvalue weighted by molar-refractivity contribution is 5.42. The van der Waals surface area contributed by atoms with Crippen LogP contribution >= 0.6 is 0 Å². The van der Waals surface area contributed by atoms with Crippen molar-refractivity contribution >= 4 is 11.8 Å². The lowest BCUT2D eigenvalue weighted by Gasteiger charge is -2.05. The topological polar surface area (TPSA) is 81.7 Å². The van der Waals surface area contributed by atoms with E-state index in [1.54, 1.807) is 6.20 Å². The predicted octanol–water partition coefficient (Wildman–Crippen LogP) is 2.47. The number of anilines is 2. The number of aromatic nitrogens is 4. The summed E-state index contributed by atoms with van der Waals surface area (Å²) in [6, 6.07) is 8.21. The number of hydrogen-bond acceptors (Lipinski definition) is 5. The minimum Gasteiger partial charge on any atom is -0.383 e. The molecular weight excluding hydrogens is 276 g/mol. The SMILES string of the molecule is Cc1cccc(-n2cc(CNc3ncc(C)c(N)n3)cn2)c1. The molecule has 0 saturated heterocycles. The Balaban J connectivity index is 1.70. The van der Waals surface area contributed by atoms with Gasteiger partial charge in [-0.05, 0) is 31.5 Å². The third kappa shape index (κ3) is 3.06. The van der Waals surface area contributed by atoms with Gasteiger partial charge in [0, 0.05) is 30.1 Å². The normalized spacial score (nSPS) is 10.6. The average molecular weight is 294 g/mol. The van der Waals surface area contributed by atoms with Gasteiger partial charge in [-0.1, -0.05) is 12.1 Å². The molecule has 1 aromatic carbocycles. The second kappa shape index (κ2) is 5.85. The second-order valence-corrected chi connectivity index (χ2v) is 5.25. The number of aryl methyl sites for hydroxylation is 2. The summed E-state index contributed by atoms with van der Waals surface area (Å²) in [7, 11) is 0. The molecule has 0 aliphatic rings. The van der Waals surface area contributed by atoms with Gasteiger partial charge in [0.1, 0.15) is 5.82 Å². The van der Waals surface area contributed by atoms with Gasteiger partial charge in [-0.2, -0.15) is 10.1 Å². The quantitative estimate of drug-likeness (QED) is 0.772. The van der Waals surface area contributed by atoms with Gasteiger partial charge in [-0.15, -0.1) is 0 Å². The number of rotatable bonds is 4. The molecule has 2 aromatic heterocycles. The molecule has 3 N–H and O–H groups in total. The highest BCUT2D eigenvalue weighted by atomic mass is 15.3. The molecule has 22 heavy (non-hydrogen) atoms. The van der Waals surface area contributed by atoms with Crippen LogP contribution in [0.3, 0.4) is 0 Å². The van der Waals surface area contributed by atoms with Crippen LogP contribution in [0.2, 0.25) is 0 Å². The molecule has 3 aromatic rings. The zero-order valence-corrected chi connectivity index (χ0v) is 12.6. The molecule has 112 valence electrons. The van der Waals surface area contributed by atoms with Crippen molar-refractivity contribution in [2.24, 2.45) is 0 Å². The number of hydrogen-bond donors (Lipinski definition) is 2. The van der Waals surface area contributed by atoms with Crippen molar-refractivity contribution in [2.75, 3.05) is 11.1 Å². The first-order valence-electron chi connectivity index (χ1n) is 7.05. The Kier molecular flexibility index (Phi) is 3.74. The van der Waals surface area contributed by atoms with E-state index < -0.39 is 0 Å². The standard InChI is InChI=1S/C16H18N6/c1-11-4-3-5-14(6-11)22-10-13(9-20-22)8-19-16-18-7-12(2)15(17)21-16/h3-7,9-10H,8H2,1-2H3,(H3,17,18,19,21). The fraction of sp³-hybridized carbons (Fsp3) is 0.188.